The van der Waals surface area contributed by atoms with Crippen LogP contribution in [0.2, 0.25) is 0 Å². The van der Waals surface area contributed by atoms with Gasteiger partial charge in [-0.3, -0.25) is 14.9 Å². The van der Waals surface area contributed by atoms with E-state index in [9.17, 15) is 27.6 Å². The Morgan fingerprint density at radius 2 is 1.93 bits per heavy atom. The predicted molar refractivity (Wildman–Crippen MR) is 94.7 cm³/mol. The topological polar surface area (TPSA) is 79.0 Å². The van der Waals surface area contributed by atoms with E-state index in [1.807, 2.05) is 0 Å². The van der Waals surface area contributed by atoms with Crippen molar-refractivity contribution < 1.29 is 32.3 Å². The zero-order valence-electron chi connectivity index (χ0n) is 15.4. The van der Waals surface area contributed by atoms with Crippen molar-refractivity contribution in [3.05, 3.63) is 42.0 Å². The highest BCUT2D eigenvalue weighted by molar-refractivity contribution is 5.97. The molecule has 1 N–H and O–H groups in total. The number of rotatable bonds is 3. The van der Waals surface area contributed by atoms with Gasteiger partial charge in [-0.15, -0.1) is 0 Å². The first-order chi connectivity index (χ1) is 13.1. The lowest BCUT2D eigenvalue weighted by molar-refractivity contribution is -0.137. The SMILES string of the molecule is C=CC(=O)N1CCN(C(=O)c2cc(NC(=O)OC)cc(C(F)(F)F)c2)[C@@H](C)C1. The van der Waals surface area contributed by atoms with Crippen molar-refractivity contribution in [1.82, 2.24) is 9.80 Å². The maximum absolute atomic E-state index is 13.2. The van der Waals surface area contributed by atoms with Gasteiger partial charge in [0.2, 0.25) is 5.91 Å². The van der Waals surface area contributed by atoms with E-state index in [1.54, 1.807) is 6.92 Å². The van der Waals surface area contributed by atoms with E-state index in [-0.39, 0.29) is 36.8 Å². The highest BCUT2D eigenvalue weighted by Gasteiger charge is 2.34. The summed E-state index contributed by atoms with van der Waals surface area (Å²) in [7, 11) is 1.07. The molecule has 0 aliphatic carbocycles. The molecule has 2 rings (SSSR count). The van der Waals surface area contributed by atoms with Crippen molar-refractivity contribution in [2.45, 2.75) is 19.1 Å². The van der Waals surface area contributed by atoms with Gasteiger partial charge in [0.25, 0.3) is 5.91 Å². The normalized spacial score (nSPS) is 17.1. The Kier molecular flexibility index (Phi) is 6.32. The number of nitrogens with zero attached hydrogens (tertiary/aromatic N) is 2. The summed E-state index contributed by atoms with van der Waals surface area (Å²) in [6, 6.07) is 2.20. The zero-order chi connectivity index (χ0) is 21.1. The molecule has 0 unspecified atom stereocenters. The molecule has 0 saturated carbocycles. The van der Waals surface area contributed by atoms with Crippen LogP contribution in [0, 0.1) is 0 Å². The van der Waals surface area contributed by atoms with Gasteiger partial charge in [0.1, 0.15) is 0 Å². The number of ether oxygens (including phenoxy) is 1. The fourth-order valence-corrected chi connectivity index (χ4v) is 2.91. The summed E-state index contributed by atoms with van der Waals surface area (Å²) in [6.45, 7) is 5.75. The second kappa shape index (κ2) is 8.32. The van der Waals surface area contributed by atoms with Crippen molar-refractivity contribution in [2.75, 3.05) is 32.1 Å². The number of halogens is 3. The summed E-state index contributed by atoms with van der Waals surface area (Å²) in [5, 5.41) is 2.15. The fourth-order valence-electron chi connectivity index (χ4n) is 2.91. The average molecular weight is 399 g/mol. The first kappa shape index (κ1) is 21.3. The lowest BCUT2D eigenvalue weighted by Crippen LogP contribution is -2.55. The predicted octanol–water partition coefficient (Wildman–Crippen LogP) is 2.74. The Balaban J connectivity index is 2.31. The van der Waals surface area contributed by atoms with Gasteiger partial charge in [0, 0.05) is 36.9 Å². The second-order valence-corrected chi connectivity index (χ2v) is 6.25. The summed E-state index contributed by atoms with van der Waals surface area (Å²) >= 11 is 0. The van der Waals surface area contributed by atoms with Gasteiger partial charge in [-0.25, -0.2) is 4.79 Å². The van der Waals surface area contributed by atoms with Gasteiger partial charge in [-0.2, -0.15) is 13.2 Å². The molecule has 1 atom stereocenters. The Morgan fingerprint density at radius 3 is 2.46 bits per heavy atom. The van der Waals surface area contributed by atoms with Crippen LogP contribution in [0.15, 0.2) is 30.9 Å². The Bertz CT molecular complexity index is 795. The van der Waals surface area contributed by atoms with Crippen LogP contribution in [-0.2, 0) is 15.7 Å². The van der Waals surface area contributed by atoms with Crippen LogP contribution >= 0.6 is 0 Å². The quantitative estimate of drug-likeness (QED) is 0.793. The molecule has 0 radical (unpaired) electrons. The van der Waals surface area contributed by atoms with Gasteiger partial charge < -0.3 is 14.5 Å². The Labute approximate surface area is 159 Å². The molecular formula is C18H20F3N3O4. The molecule has 0 bridgehead atoms. The first-order valence-electron chi connectivity index (χ1n) is 8.36. The molecule has 7 nitrogen and oxygen atoms in total. The lowest BCUT2D eigenvalue weighted by atomic mass is 10.1. The van der Waals surface area contributed by atoms with Crippen LogP contribution in [-0.4, -0.2) is 60.5 Å². The second-order valence-electron chi connectivity index (χ2n) is 6.25. The van der Waals surface area contributed by atoms with Crippen molar-refractivity contribution in [3.63, 3.8) is 0 Å². The van der Waals surface area contributed by atoms with Crippen LogP contribution in [0.1, 0.15) is 22.8 Å². The molecule has 1 aliphatic heterocycles. The molecule has 28 heavy (non-hydrogen) atoms. The van der Waals surface area contributed by atoms with E-state index in [4.69, 9.17) is 0 Å². The zero-order valence-corrected chi connectivity index (χ0v) is 15.4. The standard InChI is InChI=1S/C18H20F3N3O4/c1-4-15(25)23-5-6-24(11(2)10-23)16(26)12-7-13(18(19,20)21)9-14(8-12)22-17(27)28-3/h4,7-9,11H,1,5-6,10H2,2-3H3,(H,22,27)/t11-/m0/s1. The minimum Gasteiger partial charge on any atom is -0.453 e. The van der Waals surface area contributed by atoms with Crippen LogP contribution in [0.3, 0.4) is 0 Å². The number of hydrogen-bond acceptors (Lipinski definition) is 4. The number of hydrogen-bond donors (Lipinski definition) is 1. The van der Waals surface area contributed by atoms with E-state index >= 15 is 0 Å². The molecule has 1 aromatic carbocycles. The molecule has 3 amide bonds. The number of amides is 3. The van der Waals surface area contributed by atoms with Crippen molar-refractivity contribution in [2.24, 2.45) is 0 Å². The molecule has 1 heterocycles. The Hall–Kier alpha value is -3.04. The monoisotopic (exact) mass is 399 g/mol. The van der Waals surface area contributed by atoms with E-state index in [0.717, 1.165) is 25.3 Å². The van der Waals surface area contributed by atoms with E-state index < -0.39 is 29.8 Å². The molecule has 1 aliphatic rings. The van der Waals surface area contributed by atoms with Gasteiger partial charge in [0.15, 0.2) is 0 Å². The number of alkyl halides is 3. The van der Waals surface area contributed by atoms with E-state index in [1.165, 1.54) is 15.9 Å². The molecule has 0 aromatic heterocycles. The molecule has 1 saturated heterocycles. The van der Waals surface area contributed by atoms with E-state index in [0.29, 0.717) is 0 Å². The summed E-state index contributed by atoms with van der Waals surface area (Å²) in [4.78, 5) is 38.8. The van der Waals surface area contributed by atoms with Crippen molar-refractivity contribution in [1.29, 1.82) is 0 Å². The number of nitrogens with one attached hydrogen (secondary N) is 1. The van der Waals surface area contributed by atoms with Crippen LogP contribution in [0.5, 0.6) is 0 Å². The molecule has 152 valence electrons. The van der Waals surface area contributed by atoms with Crippen LogP contribution < -0.4 is 5.32 Å². The minimum atomic E-state index is -4.70. The van der Waals surface area contributed by atoms with Crippen LogP contribution in [0.25, 0.3) is 0 Å². The highest BCUT2D eigenvalue weighted by atomic mass is 19.4. The number of anilines is 1. The summed E-state index contributed by atoms with van der Waals surface area (Å²) in [5.41, 5.74) is -1.51. The number of carbonyl (C=O) groups is 3. The lowest BCUT2D eigenvalue weighted by Gasteiger charge is -2.39. The number of benzene rings is 1. The number of carbonyl (C=O) groups excluding carboxylic acids is 3. The summed E-state index contributed by atoms with van der Waals surface area (Å²) in [6.07, 6.45) is -4.49. The van der Waals surface area contributed by atoms with Crippen molar-refractivity contribution >= 4 is 23.6 Å². The van der Waals surface area contributed by atoms with Gasteiger partial charge in [-0.1, -0.05) is 6.58 Å². The largest absolute Gasteiger partial charge is 0.453 e. The van der Waals surface area contributed by atoms with Gasteiger partial charge in [-0.05, 0) is 31.2 Å². The van der Waals surface area contributed by atoms with Crippen molar-refractivity contribution in [3.8, 4) is 0 Å². The third-order valence-corrected chi connectivity index (χ3v) is 4.31. The number of methoxy groups -OCH3 is 1. The average Bonchev–Trinajstić information content (AvgIpc) is 2.65. The smallest absolute Gasteiger partial charge is 0.416 e. The van der Waals surface area contributed by atoms with Gasteiger partial charge >= 0.3 is 12.3 Å². The summed E-state index contributed by atoms with van der Waals surface area (Å²) < 4.78 is 44.0. The summed E-state index contributed by atoms with van der Waals surface area (Å²) in [5.74, 6) is -0.903. The maximum atomic E-state index is 13.2. The maximum Gasteiger partial charge on any atom is 0.416 e. The van der Waals surface area contributed by atoms with Gasteiger partial charge in [0.05, 0.1) is 12.7 Å². The van der Waals surface area contributed by atoms with E-state index in [2.05, 4.69) is 16.6 Å². The third kappa shape index (κ3) is 4.81. The molecule has 1 aromatic rings. The fraction of sp³-hybridized carbons (Fsp3) is 0.389. The molecule has 10 heteroatoms. The first-order valence-corrected chi connectivity index (χ1v) is 8.36. The Morgan fingerprint density at radius 1 is 1.25 bits per heavy atom. The molecule has 0 spiro atoms. The molecule has 1 fully saturated rings. The van der Waals surface area contributed by atoms with Crippen LogP contribution in [0.4, 0.5) is 23.7 Å². The minimum absolute atomic E-state index is 0.162. The molecular weight excluding hydrogens is 379 g/mol. The number of piperazine rings is 1. The highest BCUT2D eigenvalue weighted by Crippen LogP contribution is 2.32. The third-order valence-electron chi connectivity index (χ3n) is 4.31.